The van der Waals surface area contributed by atoms with Gasteiger partial charge in [-0.15, -0.1) is 0 Å². The van der Waals surface area contributed by atoms with Gasteiger partial charge in [0.15, 0.2) is 11.5 Å². The fraction of sp³-hybridized carbons (Fsp3) is 0.333. The monoisotopic (exact) mass is 366 g/mol. The lowest BCUT2D eigenvalue weighted by molar-refractivity contribution is -0.142. The number of para-hydroxylation sites is 2. The van der Waals surface area contributed by atoms with E-state index < -0.39 is 6.10 Å². The second kappa shape index (κ2) is 7.70. The predicted octanol–water partition coefficient (Wildman–Crippen LogP) is 2.25. The first kappa shape index (κ1) is 17.4. The molecular formula is C21H22N2O4. The molecule has 1 saturated heterocycles. The third kappa shape index (κ3) is 3.89. The molecule has 0 aliphatic carbocycles. The second-order valence-corrected chi connectivity index (χ2v) is 6.80. The fourth-order valence-electron chi connectivity index (χ4n) is 3.45. The molecule has 2 aliphatic heterocycles. The molecular weight excluding hydrogens is 344 g/mol. The van der Waals surface area contributed by atoms with Crippen LogP contribution < -0.4 is 14.8 Å². The maximum atomic E-state index is 12.7. The molecule has 0 saturated carbocycles. The minimum atomic E-state index is -0.615. The van der Waals surface area contributed by atoms with Crippen molar-refractivity contribution in [3.8, 4) is 11.5 Å². The zero-order valence-electron chi connectivity index (χ0n) is 15.0. The lowest BCUT2D eigenvalue weighted by Gasteiger charge is -2.35. The summed E-state index contributed by atoms with van der Waals surface area (Å²) in [5, 5.41) is 3.05. The highest BCUT2D eigenvalue weighted by Crippen LogP contribution is 2.31. The van der Waals surface area contributed by atoms with Crippen LogP contribution >= 0.6 is 0 Å². The minimum Gasteiger partial charge on any atom is -0.485 e. The van der Waals surface area contributed by atoms with E-state index in [1.807, 2.05) is 36.4 Å². The average Bonchev–Trinajstić information content (AvgIpc) is 2.74. The summed E-state index contributed by atoms with van der Waals surface area (Å²) in [4.78, 5) is 26.8. The highest BCUT2D eigenvalue weighted by molar-refractivity contribution is 5.94. The van der Waals surface area contributed by atoms with E-state index in [0.717, 1.165) is 12.8 Å². The number of benzene rings is 2. The van der Waals surface area contributed by atoms with Gasteiger partial charge in [-0.25, -0.2) is 0 Å². The van der Waals surface area contributed by atoms with E-state index in [1.54, 1.807) is 23.1 Å². The van der Waals surface area contributed by atoms with Gasteiger partial charge in [0.05, 0.1) is 0 Å². The molecule has 2 aliphatic rings. The van der Waals surface area contributed by atoms with E-state index in [-0.39, 0.29) is 24.5 Å². The van der Waals surface area contributed by atoms with Crippen LogP contribution in [0.1, 0.15) is 23.2 Å². The van der Waals surface area contributed by atoms with Crippen LogP contribution in [0, 0.1) is 0 Å². The largest absolute Gasteiger partial charge is 0.485 e. The van der Waals surface area contributed by atoms with Crippen molar-refractivity contribution in [1.82, 2.24) is 10.2 Å². The zero-order valence-corrected chi connectivity index (χ0v) is 15.0. The molecule has 2 aromatic carbocycles. The van der Waals surface area contributed by atoms with Crippen LogP contribution in [0.4, 0.5) is 0 Å². The predicted molar refractivity (Wildman–Crippen MR) is 99.9 cm³/mol. The van der Waals surface area contributed by atoms with Crippen molar-refractivity contribution in [2.24, 2.45) is 0 Å². The Balaban J connectivity index is 1.29. The molecule has 2 aromatic rings. The molecule has 1 unspecified atom stereocenters. The number of nitrogens with zero attached hydrogens (tertiary/aromatic N) is 1. The van der Waals surface area contributed by atoms with Crippen LogP contribution in [-0.4, -0.2) is 48.6 Å². The molecule has 6 heteroatoms. The fourth-order valence-corrected chi connectivity index (χ4v) is 3.45. The molecule has 4 rings (SSSR count). The Morgan fingerprint density at radius 2 is 1.59 bits per heavy atom. The van der Waals surface area contributed by atoms with Gasteiger partial charge in [-0.2, -0.15) is 0 Å². The quantitative estimate of drug-likeness (QED) is 0.905. The summed E-state index contributed by atoms with van der Waals surface area (Å²) in [7, 11) is 0. The van der Waals surface area contributed by atoms with Crippen molar-refractivity contribution in [2.45, 2.75) is 25.0 Å². The first-order valence-electron chi connectivity index (χ1n) is 9.24. The van der Waals surface area contributed by atoms with Gasteiger partial charge in [-0.3, -0.25) is 9.59 Å². The number of rotatable bonds is 3. The molecule has 2 heterocycles. The van der Waals surface area contributed by atoms with Gasteiger partial charge in [0.25, 0.3) is 11.8 Å². The smallest absolute Gasteiger partial charge is 0.267 e. The van der Waals surface area contributed by atoms with Gasteiger partial charge in [-0.1, -0.05) is 30.3 Å². The van der Waals surface area contributed by atoms with Crippen molar-refractivity contribution in [1.29, 1.82) is 0 Å². The van der Waals surface area contributed by atoms with Crippen LogP contribution in [0.25, 0.3) is 0 Å². The Kier molecular flexibility index (Phi) is 4.96. The number of fused-ring (bicyclic) bond motifs is 1. The van der Waals surface area contributed by atoms with Gasteiger partial charge < -0.3 is 19.7 Å². The molecule has 0 spiro atoms. The third-order valence-corrected chi connectivity index (χ3v) is 4.96. The van der Waals surface area contributed by atoms with Crippen LogP contribution in [-0.2, 0) is 4.79 Å². The summed E-state index contributed by atoms with van der Waals surface area (Å²) in [6.07, 6.45) is 0.846. The molecule has 0 aromatic heterocycles. The van der Waals surface area contributed by atoms with Crippen LogP contribution in [0.3, 0.4) is 0 Å². The van der Waals surface area contributed by atoms with E-state index in [9.17, 15) is 9.59 Å². The Bertz CT molecular complexity index is 816. The number of carbonyl (C=O) groups is 2. The van der Waals surface area contributed by atoms with Gasteiger partial charge in [0.2, 0.25) is 6.10 Å². The summed E-state index contributed by atoms with van der Waals surface area (Å²) in [5.74, 6) is 1.15. The van der Waals surface area contributed by atoms with Crippen LogP contribution in [0.5, 0.6) is 11.5 Å². The van der Waals surface area contributed by atoms with Crippen LogP contribution in [0.15, 0.2) is 54.6 Å². The number of carbonyl (C=O) groups excluding carboxylic acids is 2. The summed E-state index contributed by atoms with van der Waals surface area (Å²) >= 11 is 0. The van der Waals surface area contributed by atoms with Crippen LogP contribution in [0.2, 0.25) is 0 Å². The lowest BCUT2D eigenvalue weighted by Crippen LogP contribution is -2.52. The Hall–Kier alpha value is -3.02. The molecule has 0 radical (unpaired) electrons. The van der Waals surface area contributed by atoms with Crippen molar-refractivity contribution >= 4 is 11.8 Å². The average molecular weight is 366 g/mol. The maximum absolute atomic E-state index is 12.7. The number of nitrogens with one attached hydrogen (secondary N) is 1. The SMILES string of the molecule is O=C(NC1CCN(C(=O)C2COc3ccccc3O2)CC1)c1ccccc1. The summed E-state index contributed by atoms with van der Waals surface area (Å²) in [6, 6.07) is 16.6. The minimum absolute atomic E-state index is 0.0580. The number of amides is 2. The van der Waals surface area contributed by atoms with E-state index in [0.29, 0.717) is 30.2 Å². The molecule has 6 nitrogen and oxygen atoms in total. The number of hydrogen-bond donors (Lipinski definition) is 1. The molecule has 1 atom stereocenters. The van der Waals surface area contributed by atoms with Crippen molar-refractivity contribution < 1.29 is 19.1 Å². The van der Waals surface area contributed by atoms with E-state index >= 15 is 0 Å². The third-order valence-electron chi connectivity index (χ3n) is 4.96. The summed E-state index contributed by atoms with van der Waals surface area (Å²) < 4.78 is 11.5. The molecule has 0 bridgehead atoms. The highest BCUT2D eigenvalue weighted by atomic mass is 16.6. The van der Waals surface area contributed by atoms with Gasteiger partial charge in [0, 0.05) is 24.7 Å². The summed E-state index contributed by atoms with van der Waals surface area (Å²) in [6.45, 7) is 1.42. The molecule has 1 N–H and O–H groups in total. The topological polar surface area (TPSA) is 67.9 Å². The number of ether oxygens (including phenoxy) is 2. The molecule has 140 valence electrons. The zero-order chi connectivity index (χ0) is 18.6. The number of hydrogen-bond acceptors (Lipinski definition) is 4. The van der Waals surface area contributed by atoms with Gasteiger partial charge >= 0.3 is 0 Å². The Morgan fingerprint density at radius 1 is 0.926 bits per heavy atom. The van der Waals surface area contributed by atoms with E-state index in [4.69, 9.17) is 9.47 Å². The summed E-state index contributed by atoms with van der Waals surface area (Å²) in [5.41, 5.74) is 0.655. The number of piperidine rings is 1. The van der Waals surface area contributed by atoms with E-state index in [2.05, 4.69) is 5.32 Å². The number of likely N-dealkylation sites (tertiary alicyclic amines) is 1. The second-order valence-electron chi connectivity index (χ2n) is 6.80. The Morgan fingerprint density at radius 3 is 2.33 bits per heavy atom. The van der Waals surface area contributed by atoms with Crippen molar-refractivity contribution in [3.63, 3.8) is 0 Å². The Labute approximate surface area is 158 Å². The standard InChI is InChI=1S/C21H22N2O4/c24-20(15-6-2-1-3-7-15)22-16-10-12-23(13-11-16)21(25)19-14-26-17-8-4-5-9-18(17)27-19/h1-9,16,19H,10-14H2,(H,22,24). The maximum Gasteiger partial charge on any atom is 0.267 e. The first-order chi connectivity index (χ1) is 13.2. The molecule has 1 fully saturated rings. The van der Waals surface area contributed by atoms with Gasteiger partial charge in [-0.05, 0) is 37.1 Å². The molecule has 27 heavy (non-hydrogen) atoms. The molecule has 2 amide bonds. The lowest BCUT2D eigenvalue weighted by atomic mass is 10.0. The van der Waals surface area contributed by atoms with Crippen molar-refractivity contribution in [3.05, 3.63) is 60.2 Å². The highest BCUT2D eigenvalue weighted by Gasteiger charge is 2.33. The normalized spacial score (nSPS) is 19.4. The van der Waals surface area contributed by atoms with Crippen molar-refractivity contribution in [2.75, 3.05) is 19.7 Å². The van der Waals surface area contributed by atoms with Gasteiger partial charge in [0.1, 0.15) is 6.61 Å². The first-order valence-corrected chi connectivity index (χ1v) is 9.24. The van der Waals surface area contributed by atoms with E-state index in [1.165, 1.54) is 0 Å².